The van der Waals surface area contributed by atoms with Crippen molar-refractivity contribution in [3.8, 4) is 0 Å². The van der Waals surface area contributed by atoms with E-state index in [2.05, 4.69) is 0 Å². The number of aliphatic hydroxyl groups excluding tert-OH is 1. The highest BCUT2D eigenvalue weighted by Crippen LogP contribution is 2.22. The van der Waals surface area contributed by atoms with Crippen LogP contribution in [0.2, 0.25) is 4.34 Å². The van der Waals surface area contributed by atoms with Crippen LogP contribution in [0.15, 0.2) is 12.1 Å². The van der Waals surface area contributed by atoms with Gasteiger partial charge in [0.2, 0.25) is 0 Å². The lowest BCUT2D eigenvalue weighted by atomic mass is 10.2. The van der Waals surface area contributed by atoms with Crippen molar-refractivity contribution in [1.29, 1.82) is 0 Å². The first-order valence-electron chi connectivity index (χ1n) is 5.29. The maximum absolute atomic E-state index is 11.7. The van der Waals surface area contributed by atoms with Crippen LogP contribution in [0.4, 0.5) is 0 Å². The largest absolute Gasteiger partial charge is 0.395 e. The number of nitrogens with zero attached hydrogens (tertiary/aromatic N) is 1. The lowest BCUT2D eigenvalue weighted by Crippen LogP contribution is -2.28. The van der Waals surface area contributed by atoms with Gasteiger partial charge in [-0.15, -0.1) is 11.3 Å². The van der Waals surface area contributed by atoms with E-state index < -0.39 is 0 Å². The highest BCUT2D eigenvalue weighted by atomic mass is 35.5. The summed E-state index contributed by atoms with van der Waals surface area (Å²) in [5.41, 5.74) is 0. The molecule has 0 unspecified atom stereocenters. The molecule has 0 fully saturated rings. The molecule has 1 heterocycles. The van der Waals surface area contributed by atoms with Crippen molar-refractivity contribution in [1.82, 2.24) is 4.90 Å². The quantitative estimate of drug-likeness (QED) is 0.766. The Morgan fingerprint density at radius 3 is 2.75 bits per heavy atom. The molecule has 90 valence electrons. The fraction of sp³-hybridized carbons (Fsp3) is 0.545. The first-order chi connectivity index (χ1) is 7.67. The van der Waals surface area contributed by atoms with Gasteiger partial charge in [-0.2, -0.15) is 0 Å². The maximum Gasteiger partial charge on any atom is 0.174 e. The second kappa shape index (κ2) is 7.01. The van der Waals surface area contributed by atoms with Gasteiger partial charge in [-0.3, -0.25) is 4.79 Å². The van der Waals surface area contributed by atoms with Crippen molar-refractivity contribution in [2.45, 2.75) is 13.3 Å². The van der Waals surface area contributed by atoms with Crippen molar-refractivity contribution in [3.63, 3.8) is 0 Å². The molecule has 0 saturated heterocycles. The van der Waals surface area contributed by atoms with Crippen LogP contribution in [0.25, 0.3) is 0 Å². The number of Topliss-reactive ketones (excluding diaryl/α,β-unsaturated/α-hetero) is 1. The molecule has 0 aliphatic carbocycles. The number of carbonyl (C=O) groups is 1. The normalized spacial score (nSPS) is 11.0. The van der Waals surface area contributed by atoms with Crippen molar-refractivity contribution >= 4 is 28.7 Å². The van der Waals surface area contributed by atoms with E-state index in [0.717, 1.165) is 6.54 Å². The van der Waals surface area contributed by atoms with Crippen molar-refractivity contribution in [2.24, 2.45) is 0 Å². The minimum absolute atomic E-state index is 0.119. The number of hydrogen-bond donors (Lipinski definition) is 1. The number of halogens is 1. The minimum atomic E-state index is 0.119. The van der Waals surface area contributed by atoms with Gasteiger partial charge in [0, 0.05) is 19.5 Å². The number of carbonyl (C=O) groups excluding carboxylic acids is 1. The average Bonchev–Trinajstić information content (AvgIpc) is 2.70. The molecule has 0 radical (unpaired) electrons. The zero-order valence-electron chi connectivity index (χ0n) is 9.28. The highest BCUT2D eigenvalue weighted by molar-refractivity contribution is 7.18. The Morgan fingerprint density at radius 2 is 2.25 bits per heavy atom. The van der Waals surface area contributed by atoms with E-state index in [9.17, 15) is 4.79 Å². The number of aliphatic hydroxyl groups is 1. The van der Waals surface area contributed by atoms with Gasteiger partial charge in [0.1, 0.15) is 0 Å². The van der Waals surface area contributed by atoms with Crippen LogP contribution in [-0.2, 0) is 0 Å². The van der Waals surface area contributed by atoms with Crippen LogP contribution in [0.5, 0.6) is 0 Å². The standard InChI is InChI=1S/C11H16ClNO2S/c1-2-13(7-8-14)6-5-9(15)10-3-4-11(12)16-10/h3-4,14H,2,5-8H2,1H3. The fourth-order valence-corrected chi connectivity index (χ4v) is 2.43. The van der Waals surface area contributed by atoms with Crippen LogP contribution in [-0.4, -0.2) is 42.0 Å². The van der Waals surface area contributed by atoms with Crippen LogP contribution in [0.3, 0.4) is 0 Å². The molecule has 1 aromatic rings. The lowest BCUT2D eigenvalue weighted by molar-refractivity contribution is 0.0963. The number of rotatable bonds is 7. The monoisotopic (exact) mass is 261 g/mol. The van der Waals surface area contributed by atoms with Crippen LogP contribution in [0.1, 0.15) is 23.0 Å². The minimum Gasteiger partial charge on any atom is -0.395 e. The molecule has 0 spiro atoms. The average molecular weight is 262 g/mol. The summed E-state index contributed by atoms with van der Waals surface area (Å²) < 4.78 is 0.644. The van der Waals surface area contributed by atoms with Crippen molar-refractivity contribution in [3.05, 3.63) is 21.3 Å². The number of hydrogen-bond acceptors (Lipinski definition) is 4. The number of likely N-dealkylation sites (N-methyl/N-ethyl adjacent to an activating group) is 1. The molecule has 0 aliphatic heterocycles. The Morgan fingerprint density at radius 1 is 1.50 bits per heavy atom. The number of thiophene rings is 1. The highest BCUT2D eigenvalue weighted by Gasteiger charge is 2.10. The first-order valence-corrected chi connectivity index (χ1v) is 6.48. The molecular weight excluding hydrogens is 246 g/mol. The second-order valence-corrected chi connectivity index (χ2v) is 5.15. The molecule has 0 aromatic carbocycles. The summed E-state index contributed by atoms with van der Waals surface area (Å²) >= 11 is 7.08. The van der Waals surface area contributed by atoms with Crippen LogP contribution < -0.4 is 0 Å². The third-order valence-electron chi connectivity index (χ3n) is 2.37. The Labute approximate surface area is 105 Å². The predicted molar refractivity (Wildman–Crippen MR) is 67.5 cm³/mol. The summed E-state index contributed by atoms with van der Waals surface area (Å²) in [6.07, 6.45) is 0.477. The van der Waals surface area contributed by atoms with Gasteiger partial charge < -0.3 is 10.0 Å². The van der Waals surface area contributed by atoms with Gasteiger partial charge >= 0.3 is 0 Å². The van der Waals surface area contributed by atoms with E-state index in [0.29, 0.717) is 28.7 Å². The van der Waals surface area contributed by atoms with Crippen LogP contribution in [0, 0.1) is 0 Å². The Hall–Kier alpha value is -0.420. The Bertz CT molecular complexity index is 340. The molecule has 1 rings (SSSR count). The molecule has 16 heavy (non-hydrogen) atoms. The van der Waals surface area contributed by atoms with Gasteiger partial charge in [0.25, 0.3) is 0 Å². The Balaban J connectivity index is 2.40. The van der Waals surface area contributed by atoms with Gasteiger partial charge in [0.05, 0.1) is 15.8 Å². The van der Waals surface area contributed by atoms with Gasteiger partial charge in [0.15, 0.2) is 5.78 Å². The summed E-state index contributed by atoms with van der Waals surface area (Å²) in [5.74, 6) is 0.119. The van der Waals surface area contributed by atoms with E-state index >= 15 is 0 Å². The summed E-state index contributed by atoms with van der Waals surface area (Å²) in [6.45, 7) is 4.30. The molecule has 1 N–H and O–H groups in total. The van der Waals surface area contributed by atoms with Gasteiger partial charge in [-0.1, -0.05) is 18.5 Å². The third kappa shape index (κ3) is 4.22. The van der Waals surface area contributed by atoms with E-state index in [1.54, 1.807) is 12.1 Å². The molecule has 0 atom stereocenters. The summed E-state index contributed by atoms with van der Waals surface area (Å²) in [5, 5.41) is 8.81. The Kier molecular flexibility index (Phi) is 5.98. The SMILES string of the molecule is CCN(CCO)CCC(=O)c1ccc(Cl)s1. The summed E-state index contributed by atoms with van der Waals surface area (Å²) in [6, 6.07) is 3.50. The molecule has 0 amide bonds. The van der Waals surface area contributed by atoms with Gasteiger partial charge in [-0.05, 0) is 18.7 Å². The van der Waals surface area contributed by atoms with Crippen molar-refractivity contribution in [2.75, 3.05) is 26.2 Å². The molecule has 0 bridgehead atoms. The molecular formula is C11H16ClNO2S. The first kappa shape index (κ1) is 13.6. The maximum atomic E-state index is 11.7. The second-order valence-electron chi connectivity index (χ2n) is 3.43. The molecule has 3 nitrogen and oxygen atoms in total. The summed E-state index contributed by atoms with van der Waals surface area (Å²) in [7, 11) is 0. The topological polar surface area (TPSA) is 40.5 Å². The number of ketones is 1. The zero-order valence-corrected chi connectivity index (χ0v) is 10.9. The molecule has 0 aliphatic rings. The van der Waals surface area contributed by atoms with Crippen molar-refractivity contribution < 1.29 is 9.90 Å². The fourth-order valence-electron chi connectivity index (χ4n) is 1.42. The summed E-state index contributed by atoms with van der Waals surface area (Å²) in [4.78, 5) is 14.5. The predicted octanol–water partition coefficient (Wildman–Crippen LogP) is 2.29. The van der Waals surface area contributed by atoms with E-state index in [4.69, 9.17) is 16.7 Å². The zero-order chi connectivity index (χ0) is 12.0. The van der Waals surface area contributed by atoms with Gasteiger partial charge in [-0.25, -0.2) is 0 Å². The molecule has 0 saturated carbocycles. The lowest BCUT2D eigenvalue weighted by Gasteiger charge is -2.17. The van der Waals surface area contributed by atoms with Crippen LogP contribution >= 0.6 is 22.9 Å². The van der Waals surface area contributed by atoms with E-state index in [-0.39, 0.29) is 12.4 Å². The smallest absolute Gasteiger partial charge is 0.174 e. The molecule has 5 heteroatoms. The third-order valence-corrected chi connectivity index (χ3v) is 3.64. The van der Waals surface area contributed by atoms with E-state index in [1.165, 1.54) is 11.3 Å². The van der Waals surface area contributed by atoms with E-state index in [1.807, 2.05) is 11.8 Å². The molecule has 1 aromatic heterocycles.